The van der Waals surface area contributed by atoms with Crippen LogP contribution in [0.1, 0.15) is 60.3 Å². The first-order valence-electron chi connectivity index (χ1n) is 7.96. The van der Waals surface area contributed by atoms with Gasteiger partial charge in [0.2, 0.25) is 0 Å². The van der Waals surface area contributed by atoms with E-state index in [9.17, 15) is 0 Å². The average molecular weight is 252 g/mol. The van der Waals surface area contributed by atoms with E-state index in [0.29, 0.717) is 11.1 Å². The maximum absolute atomic E-state index is 3.91. The molecule has 106 valence electrons. The number of hydrogen-bond acceptors (Lipinski definition) is 2. The lowest BCUT2D eigenvalue weighted by Gasteiger charge is -2.54. The van der Waals surface area contributed by atoms with Crippen molar-refractivity contribution >= 4 is 0 Å². The summed E-state index contributed by atoms with van der Waals surface area (Å²) in [6.07, 6.45) is 5.41. The van der Waals surface area contributed by atoms with Crippen LogP contribution in [0.5, 0.6) is 0 Å². The van der Waals surface area contributed by atoms with Crippen LogP contribution in [-0.4, -0.2) is 35.6 Å². The molecule has 0 aromatic carbocycles. The van der Waals surface area contributed by atoms with Gasteiger partial charge in [0.25, 0.3) is 0 Å². The summed E-state index contributed by atoms with van der Waals surface area (Å²) in [7, 11) is 0. The van der Waals surface area contributed by atoms with E-state index in [4.69, 9.17) is 0 Å². The maximum atomic E-state index is 3.91. The Balaban J connectivity index is 2.14. The lowest BCUT2D eigenvalue weighted by molar-refractivity contribution is -0.0108. The van der Waals surface area contributed by atoms with Crippen LogP contribution in [0, 0.1) is 11.8 Å². The highest BCUT2D eigenvalue weighted by Crippen LogP contribution is 2.43. The van der Waals surface area contributed by atoms with Crippen LogP contribution in [0.4, 0.5) is 0 Å². The molecule has 0 aromatic rings. The normalized spacial score (nSPS) is 33.0. The summed E-state index contributed by atoms with van der Waals surface area (Å²) in [5.74, 6) is 1.70. The van der Waals surface area contributed by atoms with E-state index in [1.165, 1.54) is 45.3 Å². The highest BCUT2D eigenvalue weighted by molar-refractivity contribution is 5.08. The summed E-state index contributed by atoms with van der Waals surface area (Å²) in [6, 6.07) is 0. The summed E-state index contributed by atoms with van der Waals surface area (Å²) in [6.45, 7) is 15.6. The summed E-state index contributed by atoms with van der Waals surface area (Å²) >= 11 is 0. The van der Waals surface area contributed by atoms with Gasteiger partial charge in [0.05, 0.1) is 0 Å². The molecule has 2 fully saturated rings. The molecule has 1 aliphatic heterocycles. The average Bonchev–Trinajstić information content (AvgIpc) is 3.14. The van der Waals surface area contributed by atoms with Crippen molar-refractivity contribution in [1.29, 1.82) is 0 Å². The first kappa shape index (κ1) is 14.3. The molecule has 2 heteroatoms. The minimum absolute atomic E-state index is 0.378. The van der Waals surface area contributed by atoms with E-state index in [0.717, 1.165) is 11.8 Å². The monoisotopic (exact) mass is 252 g/mol. The van der Waals surface area contributed by atoms with Gasteiger partial charge in [-0.3, -0.25) is 4.90 Å². The second-order valence-corrected chi connectivity index (χ2v) is 7.25. The third-order valence-corrected chi connectivity index (χ3v) is 5.39. The molecule has 1 saturated carbocycles. The molecule has 0 aromatic heterocycles. The lowest BCUT2D eigenvalue weighted by atomic mass is 9.81. The first-order valence-corrected chi connectivity index (χ1v) is 7.96. The van der Waals surface area contributed by atoms with Gasteiger partial charge >= 0.3 is 0 Å². The molecule has 2 aliphatic rings. The molecule has 1 N–H and O–H groups in total. The molecule has 18 heavy (non-hydrogen) atoms. The molecule has 0 amide bonds. The third-order valence-electron chi connectivity index (χ3n) is 5.39. The molecule has 2 nitrogen and oxygen atoms in total. The number of rotatable bonds is 5. The molecule has 0 spiro atoms. The van der Waals surface area contributed by atoms with Crippen molar-refractivity contribution < 1.29 is 0 Å². The third kappa shape index (κ3) is 2.60. The summed E-state index contributed by atoms with van der Waals surface area (Å²) < 4.78 is 0. The van der Waals surface area contributed by atoms with Crippen molar-refractivity contribution in [1.82, 2.24) is 10.2 Å². The van der Waals surface area contributed by atoms with Crippen molar-refractivity contribution in [2.75, 3.05) is 19.6 Å². The van der Waals surface area contributed by atoms with Crippen LogP contribution in [-0.2, 0) is 0 Å². The molecule has 1 heterocycles. The Labute approximate surface area is 114 Å². The standard InChI is InChI=1S/C16H32N2/c1-6-16(7-2)11-17-15(5,14-8-9-14)12-18(16)10-13(3)4/h13-14,17H,6-12H2,1-5H3. The molecule has 1 aliphatic carbocycles. The topological polar surface area (TPSA) is 15.3 Å². The zero-order valence-corrected chi connectivity index (χ0v) is 13.1. The van der Waals surface area contributed by atoms with Crippen molar-refractivity contribution in [3.63, 3.8) is 0 Å². The van der Waals surface area contributed by atoms with E-state index >= 15 is 0 Å². The van der Waals surface area contributed by atoms with Crippen LogP contribution in [0.25, 0.3) is 0 Å². The molecular weight excluding hydrogens is 220 g/mol. The molecule has 1 unspecified atom stereocenters. The van der Waals surface area contributed by atoms with Crippen LogP contribution in [0.3, 0.4) is 0 Å². The Morgan fingerprint density at radius 1 is 1.22 bits per heavy atom. The first-order chi connectivity index (χ1) is 8.46. The van der Waals surface area contributed by atoms with Gasteiger partial charge in [-0.1, -0.05) is 27.7 Å². The fourth-order valence-electron chi connectivity index (χ4n) is 3.74. The Morgan fingerprint density at radius 3 is 2.28 bits per heavy atom. The second kappa shape index (κ2) is 5.13. The number of hydrogen-bond donors (Lipinski definition) is 1. The molecular formula is C16H32N2. The van der Waals surface area contributed by atoms with Crippen LogP contribution in [0.15, 0.2) is 0 Å². The van der Waals surface area contributed by atoms with Gasteiger partial charge in [0.1, 0.15) is 0 Å². The van der Waals surface area contributed by atoms with Gasteiger partial charge in [-0.2, -0.15) is 0 Å². The quantitative estimate of drug-likeness (QED) is 0.808. The van der Waals surface area contributed by atoms with E-state index < -0.39 is 0 Å². The Hall–Kier alpha value is -0.0800. The Bertz CT molecular complexity index is 279. The van der Waals surface area contributed by atoms with Crippen molar-refractivity contribution in [2.45, 2.75) is 71.4 Å². The number of nitrogens with one attached hydrogen (secondary N) is 1. The minimum Gasteiger partial charge on any atom is -0.308 e. The van der Waals surface area contributed by atoms with E-state index in [1.807, 2.05) is 0 Å². The zero-order chi connectivity index (χ0) is 13.4. The summed E-state index contributed by atoms with van der Waals surface area (Å²) in [5.41, 5.74) is 0.779. The largest absolute Gasteiger partial charge is 0.308 e. The molecule has 1 saturated heterocycles. The fraction of sp³-hybridized carbons (Fsp3) is 1.00. The van der Waals surface area contributed by atoms with Gasteiger partial charge in [0, 0.05) is 30.7 Å². The molecule has 2 rings (SSSR count). The Kier molecular flexibility index (Phi) is 4.08. The van der Waals surface area contributed by atoms with Crippen LogP contribution >= 0.6 is 0 Å². The molecule has 0 radical (unpaired) electrons. The van der Waals surface area contributed by atoms with Gasteiger partial charge in [0.15, 0.2) is 0 Å². The number of nitrogens with zero attached hydrogens (tertiary/aromatic N) is 1. The van der Waals surface area contributed by atoms with Gasteiger partial charge in [-0.05, 0) is 44.4 Å². The summed E-state index contributed by atoms with van der Waals surface area (Å²) in [5, 5.41) is 3.91. The van der Waals surface area contributed by atoms with Crippen molar-refractivity contribution in [3.05, 3.63) is 0 Å². The summed E-state index contributed by atoms with van der Waals surface area (Å²) in [4.78, 5) is 2.81. The number of piperazine rings is 1. The SMILES string of the molecule is CCC1(CC)CNC(C)(C2CC2)CN1CC(C)C. The molecule has 1 atom stereocenters. The van der Waals surface area contributed by atoms with E-state index in [2.05, 4.69) is 44.8 Å². The minimum atomic E-state index is 0.378. The van der Waals surface area contributed by atoms with Crippen LogP contribution in [0.2, 0.25) is 0 Å². The fourth-order valence-corrected chi connectivity index (χ4v) is 3.74. The van der Waals surface area contributed by atoms with E-state index in [1.54, 1.807) is 0 Å². The lowest BCUT2D eigenvalue weighted by Crippen LogP contribution is -2.70. The van der Waals surface area contributed by atoms with Gasteiger partial charge in [-0.25, -0.2) is 0 Å². The molecule has 0 bridgehead atoms. The Morgan fingerprint density at radius 2 is 1.83 bits per heavy atom. The highest BCUT2D eigenvalue weighted by Gasteiger charge is 2.49. The highest BCUT2D eigenvalue weighted by atomic mass is 15.3. The van der Waals surface area contributed by atoms with Crippen molar-refractivity contribution in [2.24, 2.45) is 11.8 Å². The van der Waals surface area contributed by atoms with E-state index in [-0.39, 0.29) is 0 Å². The smallest absolute Gasteiger partial charge is 0.0329 e. The zero-order valence-electron chi connectivity index (χ0n) is 13.1. The predicted molar refractivity (Wildman–Crippen MR) is 78.9 cm³/mol. The van der Waals surface area contributed by atoms with Crippen LogP contribution < -0.4 is 5.32 Å². The second-order valence-electron chi connectivity index (χ2n) is 7.25. The van der Waals surface area contributed by atoms with Gasteiger partial charge < -0.3 is 5.32 Å². The predicted octanol–water partition coefficient (Wildman–Crippen LogP) is 3.28. The maximum Gasteiger partial charge on any atom is 0.0329 e. The van der Waals surface area contributed by atoms with Gasteiger partial charge in [-0.15, -0.1) is 0 Å². The van der Waals surface area contributed by atoms with Crippen molar-refractivity contribution in [3.8, 4) is 0 Å².